The van der Waals surface area contributed by atoms with Gasteiger partial charge in [-0.1, -0.05) is 46.0 Å². The van der Waals surface area contributed by atoms with Crippen molar-refractivity contribution < 1.29 is 10.2 Å². The zero-order valence-electron chi connectivity index (χ0n) is 9.45. The van der Waals surface area contributed by atoms with Crippen molar-refractivity contribution in [2.45, 2.75) is 64.6 Å². The molecule has 0 aromatic rings. The molecule has 2 nitrogen and oxygen atoms in total. The van der Waals surface area contributed by atoms with Crippen LogP contribution in [0.5, 0.6) is 0 Å². The SMILES string of the molecule is CC(C)C(O)C(O)CC1CCCCC1. The average molecular weight is 200 g/mol. The lowest BCUT2D eigenvalue weighted by Crippen LogP contribution is -2.32. The number of aliphatic hydroxyl groups is 2. The van der Waals surface area contributed by atoms with Crippen LogP contribution in [0.1, 0.15) is 52.4 Å². The Balaban J connectivity index is 2.27. The molecule has 1 aliphatic carbocycles. The van der Waals surface area contributed by atoms with Crippen molar-refractivity contribution in [1.82, 2.24) is 0 Å². The highest BCUT2D eigenvalue weighted by Gasteiger charge is 2.24. The maximum Gasteiger partial charge on any atom is 0.0822 e. The lowest BCUT2D eigenvalue weighted by atomic mass is 9.83. The molecule has 2 N–H and O–H groups in total. The number of rotatable bonds is 4. The summed E-state index contributed by atoms with van der Waals surface area (Å²) in [5.74, 6) is 0.806. The largest absolute Gasteiger partial charge is 0.390 e. The van der Waals surface area contributed by atoms with Crippen molar-refractivity contribution >= 4 is 0 Å². The monoisotopic (exact) mass is 200 g/mol. The van der Waals surface area contributed by atoms with Gasteiger partial charge < -0.3 is 10.2 Å². The van der Waals surface area contributed by atoms with Gasteiger partial charge in [-0.15, -0.1) is 0 Å². The van der Waals surface area contributed by atoms with E-state index in [2.05, 4.69) is 0 Å². The molecule has 0 spiro atoms. The van der Waals surface area contributed by atoms with E-state index in [9.17, 15) is 10.2 Å². The first-order valence-corrected chi connectivity index (χ1v) is 5.97. The number of aliphatic hydroxyl groups excluding tert-OH is 2. The molecule has 84 valence electrons. The molecule has 0 aliphatic heterocycles. The third-order valence-corrected chi connectivity index (χ3v) is 3.38. The third kappa shape index (κ3) is 3.58. The molecule has 0 saturated heterocycles. The van der Waals surface area contributed by atoms with Crippen LogP contribution in [0.4, 0.5) is 0 Å². The summed E-state index contributed by atoms with van der Waals surface area (Å²) in [5.41, 5.74) is 0. The second kappa shape index (κ2) is 5.72. The molecule has 0 radical (unpaired) electrons. The van der Waals surface area contributed by atoms with Crippen LogP contribution in [0.2, 0.25) is 0 Å². The third-order valence-electron chi connectivity index (χ3n) is 3.38. The van der Waals surface area contributed by atoms with E-state index < -0.39 is 12.2 Å². The minimum Gasteiger partial charge on any atom is -0.390 e. The normalized spacial score (nSPS) is 23.8. The molecule has 0 amide bonds. The van der Waals surface area contributed by atoms with Crippen molar-refractivity contribution in [3.63, 3.8) is 0 Å². The van der Waals surface area contributed by atoms with Crippen LogP contribution in [0.25, 0.3) is 0 Å². The Kier molecular flexibility index (Phi) is 4.90. The topological polar surface area (TPSA) is 40.5 Å². The highest BCUT2D eigenvalue weighted by Crippen LogP contribution is 2.28. The molecule has 2 heteroatoms. The summed E-state index contributed by atoms with van der Waals surface area (Å²) in [7, 11) is 0. The highest BCUT2D eigenvalue weighted by molar-refractivity contribution is 4.75. The van der Waals surface area contributed by atoms with E-state index in [-0.39, 0.29) is 5.92 Å². The Hall–Kier alpha value is -0.0800. The van der Waals surface area contributed by atoms with Gasteiger partial charge in [0.1, 0.15) is 0 Å². The first kappa shape index (κ1) is 12.0. The molecule has 1 fully saturated rings. The van der Waals surface area contributed by atoms with Crippen LogP contribution in [0.15, 0.2) is 0 Å². The van der Waals surface area contributed by atoms with E-state index in [0.29, 0.717) is 5.92 Å². The van der Waals surface area contributed by atoms with Crippen molar-refractivity contribution in [2.24, 2.45) is 11.8 Å². The van der Waals surface area contributed by atoms with Gasteiger partial charge >= 0.3 is 0 Å². The lowest BCUT2D eigenvalue weighted by Gasteiger charge is -2.27. The maximum absolute atomic E-state index is 9.79. The van der Waals surface area contributed by atoms with Crippen LogP contribution in [0.3, 0.4) is 0 Å². The molecule has 0 heterocycles. The van der Waals surface area contributed by atoms with Gasteiger partial charge in [0.15, 0.2) is 0 Å². The van der Waals surface area contributed by atoms with Crippen molar-refractivity contribution in [3.05, 3.63) is 0 Å². The quantitative estimate of drug-likeness (QED) is 0.731. The van der Waals surface area contributed by atoms with Crippen molar-refractivity contribution in [2.75, 3.05) is 0 Å². The second-order valence-electron chi connectivity index (χ2n) is 5.04. The molecule has 1 rings (SSSR count). The highest BCUT2D eigenvalue weighted by atomic mass is 16.3. The predicted octanol–water partition coefficient (Wildman–Crippen LogP) is 2.33. The van der Waals surface area contributed by atoms with E-state index in [1.165, 1.54) is 32.1 Å². The summed E-state index contributed by atoms with van der Waals surface area (Å²) in [4.78, 5) is 0. The van der Waals surface area contributed by atoms with Crippen molar-refractivity contribution in [1.29, 1.82) is 0 Å². The van der Waals surface area contributed by atoms with Crippen molar-refractivity contribution in [3.8, 4) is 0 Å². The first-order chi connectivity index (χ1) is 6.61. The van der Waals surface area contributed by atoms with Gasteiger partial charge in [-0.25, -0.2) is 0 Å². The summed E-state index contributed by atoms with van der Waals surface area (Å²) in [6.45, 7) is 3.91. The van der Waals surface area contributed by atoms with Crippen LogP contribution in [-0.2, 0) is 0 Å². The van der Waals surface area contributed by atoms with Crippen LogP contribution < -0.4 is 0 Å². The Morgan fingerprint density at radius 3 is 2.14 bits per heavy atom. The Labute approximate surface area is 87.3 Å². The van der Waals surface area contributed by atoms with Gasteiger partial charge in [0.25, 0.3) is 0 Å². The second-order valence-corrected chi connectivity index (χ2v) is 5.04. The predicted molar refractivity (Wildman–Crippen MR) is 58.0 cm³/mol. The van der Waals surface area contributed by atoms with E-state index >= 15 is 0 Å². The zero-order chi connectivity index (χ0) is 10.6. The van der Waals surface area contributed by atoms with E-state index in [1.807, 2.05) is 13.8 Å². The molecule has 2 atom stereocenters. The van der Waals surface area contributed by atoms with Crippen LogP contribution in [0, 0.1) is 11.8 Å². The van der Waals surface area contributed by atoms with Gasteiger partial charge in [0, 0.05) is 0 Å². The van der Waals surface area contributed by atoms with Gasteiger partial charge in [0.05, 0.1) is 12.2 Å². The molecule has 1 saturated carbocycles. The van der Waals surface area contributed by atoms with Crippen LogP contribution in [-0.4, -0.2) is 22.4 Å². The summed E-state index contributed by atoms with van der Waals surface area (Å²) in [6, 6.07) is 0. The molecule has 14 heavy (non-hydrogen) atoms. The van der Waals surface area contributed by atoms with E-state index in [1.54, 1.807) is 0 Å². The summed E-state index contributed by atoms with van der Waals surface area (Å²) >= 11 is 0. The standard InChI is InChI=1S/C12H24O2/c1-9(2)12(14)11(13)8-10-6-4-3-5-7-10/h9-14H,3-8H2,1-2H3. The fraction of sp³-hybridized carbons (Fsp3) is 1.00. The summed E-state index contributed by atoms with van der Waals surface area (Å²) in [5, 5.41) is 19.5. The molecular weight excluding hydrogens is 176 g/mol. The lowest BCUT2D eigenvalue weighted by molar-refractivity contribution is -0.0227. The smallest absolute Gasteiger partial charge is 0.0822 e. The van der Waals surface area contributed by atoms with Gasteiger partial charge in [0.2, 0.25) is 0 Å². The molecule has 0 bridgehead atoms. The van der Waals surface area contributed by atoms with E-state index in [4.69, 9.17) is 0 Å². The molecule has 0 aromatic carbocycles. The van der Waals surface area contributed by atoms with Crippen LogP contribution >= 0.6 is 0 Å². The van der Waals surface area contributed by atoms with E-state index in [0.717, 1.165) is 6.42 Å². The molecular formula is C12H24O2. The fourth-order valence-electron chi connectivity index (χ4n) is 2.35. The van der Waals surface area contributed by atoms with Gasteiger partial charge in [-0.3, -0.25) is 0 Å². The number of hydrogen-bond acceptors (Lipinski definition) is 2. The first-order valence-electron chi connectivity index (χ1n) is 5.97. The maximum atomic E-state index is 9.79. The number of hydrogen-bond donors (Lipinski definition) is 2. The molecule has 2 unspecified atom stereocenters. The summed E-state index contributed by atoms with van der Waals surface area (Å²) < 4.78 is 0. The minimum absolute atomic E-state index is 0.161. The Bertz CT molecular complexity index is 150. The molecule has 1 aliphatic rings. The Morgan fingerprint density at radius 1 is 1.07 bits per heavy atom. The molecule has 0 aromatic heterocycles. The summed E-state index contributed by atoms with van der Waals surface area (Å²) in [6.07, 6.45) is 6.15. The zero-order valence-corrected chi connectivity index (χ0v) is 9.45. The Morgan fingerprint density at radius 2 is 1.64 bits per heavy atom. The minimum atomic E-state index is -0.545. The van der Waals surface area contributed by atoms with Gasteiger partial charge in [-0.2, -0.15) is 0 Å². The average Bonchev–Trinajstić information content (AvgIpc) is 2.18. The van der Waals surface area contributed by atoms with Gasteiger partial charge in [-0.05, 0) is 18.3 Å². The fourth-order valence-corrected chi connectivity index (χ4v) is 2.35.